The van der Waals surface area contributed by atoms with Gasteiger partial charge in [-0.2, -0.15) is 0 Å². The molecule has 1 aromatic rings. The first-order valence-electron chi connectivity index (χ1n) is 6.13. The van der Waals surface area contributed by atoms with Gasteiger partial charge >= 0.3 is 0 Å². The molecule has 1 aliphatic heterocycles. The van der Waals surface area contributed by atoms with Crippen LogP contribution in [0.5, 0.6) is 0 Å². The zero-order valence-corrected chi connectivity index (χ0v) is 10.2. The molecule has 1 N–H and O–H groups in total. The minimum Gasteiger partial charge on any atom is -0.330 e. The number of hydrogen-bond donors (Lipinski definition) is 1. The molecule has 0 amide bonds. The van der Waals surface area contributed by atoms with E-state index in [1.54, 1.807) is 0 Å². The van der Waals surface area contributed by atoms with Crippen LogP contribution < -0.4 is 4.90 Å². The lowest BCUT2D eigenvalue weighted by Gasteiger charge is -2.29. The molecule has 16 heavy (non-hydrogen) atoms. The van der Waals surface area contributed by atoms with Crippen molar-refractivity contribution in [3.8, 4) is 0 Å². The summed E-state index contributed by atoms with van der Waals surface area (Å²) < 4.78 is 0. The molecule has 0 radical (unpaired) electrons. The first-order chi connectivity index (χ1) is 7.68. The molecular weight excluding hydrogens is 196 g/mol. The van der Waals surface area contributed by atoms with E-state index in [1.807, 2.05) is 0 Å². The Labute approximate surface area is 97.8 Å². The second-order valence-corrected chi connectivity index (χ2v) is 4.81. The zero-order chi connectivity index (χ0) is 11.5. The molecule has 2 nitrogen and oxygen atoms in total. The summed E-state index contributed by atoms with van der Waals surface area (Å²) in [5.74, 6) is 1.33. The molecule has 0 saturated carbocycles. The number of rotatable bonds is 2. The largest absolute Gasteiger partial charge is 0.330 e. The number of nitrogens with one attached hydrogen (secondary N) is 1. The molecule has 0 unspecified atom stereocenters. The van der Waals surface area contributed by atoms with Gasteiger partial charge in [-0.15, -0.1) is 0 Å². The van der Waals surface area contributed by atoms with E-state index in [1.165, 1.54) is 24.1 Å². The molecule has 0 aromatic heterocycles. The van der Waals surface area contributed by atoms with Crippen LogP contribution >= 0.6 is 0 Å². The highest BCUT2D eigenvalue weighted by Gasteiger charge is 2.16. The summed E-state index contributed by atoms with van der Waals surface area (Å²) in [4.78, 5) is 2.15. The SMILES string of the molecule is CC(C)c1cccc(N2CCCCC2=N)c1. The van der Waals surface area contributed by atoms with Gasteiger partial charge in [0, 0.05) is 18.7 Å². The zero-order valence-electron chi connectivity index (χ0n) is 10.2. The highest BCUT2D eigenvalue weighted by atomic mass is 15.2. The van der Waals surface area contributed by atoms with Gasteiger partial charge in [0.15, 0.2) is 0 Å². The van der Waals surface area contributed by atoms with Gasteiger partial charge in [0.05, 0.1) is 0 Å². The van der Waals surface area contributed by atoms with Crippen molar-refractivity contribution in [3.63, 3.8) is 0 Å². The van der Waals surface area contributed by atoms with E-state index < -0.39 is 0 Å². The summed E-state index contributed by atoms with van der Waals surface area (Å²) in [6.07, 6.45) is 3.29. The minimum absolute atomic E-state index is 0.555. The Morgan fingerprint density at radius 1 is 1.25 bits per heavy atom. The standard InChI is InChI=1S/C14H20N2/c1-11(2)12-6-5-7-13(10-12)16-9-4-3-8-14(16)15/h5-7,10-11,15H,3-4,8-9H2,1-2H3. The summed E-state index contributed by atoms with van der Waals surface area (Å²) in [5.41, 5.74) is 2.55. The number of piperidine rings is 1. The van der Waals surface area contributed by atoms with Gasteiger partial charge in [-0.25, -0.2) is 0 Å². The van der Waals surface area contributed by atoms with Crippen LogP contribution in [0.2, 0.25) is 0 Å². The average molecular weight is 216 g/mol. The Kier molecular flexibility index (Phi) is 3.28. The van der Waals surface area contributed by atoms with Gasteiger partial charge in [0.2, 0.25) is 0 Å². The predicted octanol–water partition coefficient (Wildman–Crippen LogP) is 3.78. The van der Waals surface area contributed by atoms with Crippen molar-refractivity contribution in [2.75, 3.05) is 11.4 Å². The smallest absolute Gasteiger partial charge is 0.100 e. The lowest BCUT2D eigenvalue weighted by molar-refractivity contribution is 0.707. The van der Waals surface area contributed by atoms with Crippen LogP contribution in [0.1, 0.15) is 44.6 Å². The summed E-state index contributed by atoms with van der Waals surface area (Å²) in [6, 6.07) is 8.62. The highest BCUT2D eigenvalue weighted by Crippen LogP contribution is 2.24. The normalized spacial score (nSPS) is 16.9. The van der Waals surface area contributed by atoms with Crippen LogP contribution in [0.4, 0.5) is 5.69 Å². The Bertz CT molecular complexity index is 382. The Morgan fingerprint density at radius 2 is 2.06 bits per heavy atom. The van der Waals surface area contributed by atoms with E-state index in [9.17, 15) is 0 Å². The molecular formula is C14H20N2. The monoisotopic (exact) mass is 216 g/mol. The van der Waals surface area contributed by atoms with Gasteiger partial charge in [0.25, 0.3) is 0 Å². The Hall–Kier alpha value is -1.31. The number of nitrogens with zero attached hydrogens (tertiary/aromatic N) is 1. The van der Waals surface area contributed by atoms with Crippen LogP contribution in [0.25, 0.3) is 0 Å². The maximum absolute atomic E-state index is 7.99. The first kappa shape index (κ1) is 11.2. The summed E-state index contributed by atoms with van der Waals surface area (Å²) in [7, 11) is 0. The average Bonchev–Trinajstić information content (AvgIpc) is 2.30. The lowest BCUT2D eigenvalue weighted by atomic mass is 10.0. The quantitative estimate of drug-likeness (QED) is 0.800. The van der Waals surface area contributed by atoms with Gasteiger partial charge in [-0.05, 0) is 36.5 Å². The number of benzene rings is 1. The van der Waals surface area contributed by atoms with Crippen molar-refractivity contribution in [1.29, 1.82) is 5.41 Å². The maximum atomic E-state index is 7.99. The molecule has 1 heterocycles. The molecule has 2 rings (SSSR count). The molecule has 0 atom stereocenters. The van der Waals surface area contributed by atoms with Gasteiger partial charge in [-0.3, -0.25) is 5.41 Å². The van der Waals surface area contributed by atoms with Gasteiger partial charge in [-0.1, -0.05) is 26.0 Å². The van der Waals surface area contributed by atoms with Crippen LogP contribution in [0.3, 0.4) is 0 Å². The van der Waals surface area contributed by atoms with E-state index >= 15 is 0 Å². The van der Waals surface area contributed by atoms with Crippen molar-refractivity contribution >= 4 is 11.5 Å². The third-order valence-corrected chi connectivity index (χ3v) is 3.22. The molecule has 0 aliphatic carbocycles. The first-order valence-corrected chi connectivity index (χ1v) is 6.13. The second-order valence-electron chi connectivity index (χ2n) is 4.81. The molecule has 1 fully saturated rings. The van der Waals surface area contributed by atoms with Crippen molar-refractivity contribution in [3.05, 3.63) is 29.8 Å². The maximum Gasteiger partial charge on any atom is 0.100 e. The molecule has 86 valence electrons. The summed E-state index contributed by atoms with van der Waals surface area (Å²) in [6.45, 7) is 5.42. The highest BCUT2D eigenvalue weighted by molar-refractivity contribution is 5.96. The fourth-order valence-electron chi connectivity index (χ4n) is 2.17. The summed E-state index contributed by atoms with van der Waals surface area (Å²) in [5, 5.41) is 7.99. The van der Waals surface area contributed by atoms with Gasteiger partial charge in [0.1, 0.15) is 5.84 Å². The van der Waals surface area contributed by atoms with E-state index in [0.29, 0.717) is 5.92 Å². The number of hydrogen-bond acceptors (Lipinski definition) is 1. The van der Waals surface area contributed by atoms with Crippen molar-refractivity contribution < 1.29 is 0 Å². The molecule has 2 heteroatoms. The Morgan fingerprint density at radius 3 is 2.75 bits per heavy atom. The minimum atomic E-state index is 0.555. The second kappa shape index (κ2) is 4.69. The molecule has 0 bridgehead atoms. The van der Waals surface area contributed by atoms with Crippen LogP contribution in [-0.4, -0.2) is 12.4 Å². The van der Waals surface area contributed by atoms with Crippen molar-refractivity contribution in [1.82, 2.24) is 0 Å². The molecule has 1 aliphatic rings. The third-order valence-electron chi connectivity index (χ3n) is 3.22. The Balaban J connectivity index is 2.25. The summed E-state index contributed by atoms with van der Waals surface area (Å²) >= 11 is 0. The van der Waals surface area contributed by atoms with Crippen LogP contribution in [-0.2, 0) is 0 Å². The van der Waals surface area contributed by atoms with Gasteiger partial charge < -0.3 is 4.90 Å². The van der Waals surface area contributed by atoms with Crippen LogP contribution in [0, 0.1) is 5.41 Å². The predicted molar refractivity (Wildman–Crippen MR) is 69.5 cm³/mol. The van der Waals surface area contributed by atoms with E-state index in [2.05, 4.69) is 43.0 Å². The third kappa shape index (κ3) is 2.26. The van der Waals surface area contributed by atoms with E-state index in [0.717, 1.165) is 18.8 Å². The van der Waals surface area contributed by atoms with E-state index in [-0.39, 0.29) is 0 Å². The van der Waals surface area contributed by atoms with Crippen LogP contribution in [0.15, 0.2) is 24.3 Å². The molecule has 1 aromatic carbocycles. The fraction of sp³-hybridized carbons (Fsp3) is 0.500. The van der Waals surface area contributed by atoms with Crippen molar-refractivity contribution in [2.24, 2.45) is 0 Å². The van der Waals surface area contributed by atoms with Crippen molar-refractivity contribution in [2.45, 2.75) is 39.0 Å². The fourth-order valence-corrected chi connectivity index (χ4v) is 2.17. The lowest BCUT2D eigenvalue weighted by Crippen LogP contribution is -2.34. The number of anilines is 1. The number of amidine groups is 1. The van der Waals surface area contributed by atoms with E-state index in [4.69, 9.17) is 5.41 Å². The molecule has 0 spiro atoms. The molecule has 1 saturated heterocycles. The topological polar surface area (TPSA) is 27.1 Å².